The molecule has 2 aliphatic rings. The molecule has 2 aliphatic heterocycles. The van der Waals surface area contributed by atoms with Gasteiger partial charge in [0.15, 0.2) is 9.84 Å². The Balaban J connectivity index is 1.61. The van der Waals surface area contributed by atoms with Crippen LogP contribution in [0.1, 0.15) is 30.4 Å². The van der Waals surface area contributed by atoms with Crippen molar-refractivity contribution >= 4 is 19.9 Å². The van der Waals surface area contributed by atoms with Gasteiger partial charge in [0.25, 0.3) is 0 Å². The fourth-order valence-electron chi connectivity index (χ4n) is 4.64. The molecule has 0 spiro atoms. The molecule has 2 heterocycles. The highest BCUT2D eigenvalue weighted by molar-refractivity contribution is 7.91. The van der Waals surface area contributed by atoms with Crippen LogP contribution in [0.5, 0.6) is 0 Å². The topological polar surface area (TPSA) is 74.8 Å². The molecule has 162 valence electrons. The van der Waals surface area contributed by atoms with Crippen molar-refractivity contribution in [2.45, 2.75) is 54.6 Å². The van der Waals surface area contributed by atoms with Gasteiger partial charge in [-0.3, -0.25) is 4.90 Å². The molecule has 2 unspecified atom stereocenters. The van der Waals surface area contributed by atoms with Crippen LogP contribution in [0, 0.1) is 6.92 Å². The Kier molecular flexibility index (Phi) is 5.78. The zero-order chi connectivity index (χ0) is 21.5. The Labute approximate surface area is 179 Å². The Morgan fingerprint density at radius 1 is 0.933 bits per heavy atom. The van der Waals surface area contributed by atoms with Gasteiger partial charge >= 0.3 is 0 Å². The van der Waals surface area contributed by atoms with Crippen LogP contribution in [-0.2, 0) is 26.4 Å². The van der Waals surface area contributed by atoms with E-state index < -0.39 is 19.9 Å². The van der Waals surface area contributed by atoms with Crippen molar-refractivity contribution in [1.82, 2.24) is 9.21 Å². The van der Waals surface area contributed by atoms with Crippen molar-refractivity contribution in [2.24, 2.45) is 0 Å². The zero-order valence-corrected chi connectivity index (χ0v) is 19.0. The number of fused-ring (bicyclic) bond motifs is 2. The maximum absolute atomic E-state index is 13.5. The summed E-state index contributed by atoms with van der Waals surface area (Å²) < 4.78 is 52.5. The first kappa shape index (κ1) is 21.5. The van der Waals surface area contributed by atoms with E-state index in [1.807, 2.05) is 18.2 Å². The van der Waals surface area contributed by atoms with Crippen LogP contribution in [0.25, 0.3) is 0 Å². The Bertz CT molecular complexity index is 1130. The minimum atomic E-state index is -3.78. The van der Waals surface area contributed by atoms with Crippen LogP contribution in [0.2, 0.25) is 0 Å². The standard InChI is InChI=1S/C22H28N2O4S2/c1-17-8-11-21(29(2,25)26)14-22(17)30(27,28)23-13-12-19-9-10-20(16-23)24(19)15-18-6-4-3-5-7-18/h3-8,11,14,19-20H,9-10,12-13,15-16H2,1-2H3. The first-order chi connectivity index (χ1) is 14.2. The molecular weight excluding hydrogens is 420 g/mol. The summed E-state index contributed by atoms with van der Waals surface area (Å²) in [6, 6.07) is 15.2. The van der Waals surface area contributed by atoms with E-state index in [0.29, 0.717) is 24.7 Å². The normalized spacial score (nSPS) is 23.4. The van der Waals surface area contributed by atoms with Gasteiger partial charge < -0.3 is 0 Å². The highest BCUT2D eigenvalue weighted by atomic mass is 32.2. The second kappa shape index (κ2) is 8.07. The maximum Gasteiger partial charge on any atom is 0.243 e. The maximum atomic E-state index is 13.5. The summed E-state index contributed by atoms with van der Waals surface area (Å²) in [6.07, 6.45) is 3.95. The molecule has 6 nitrogen and oxygen atoms in total. The van der Waals surface area contributed by atoms with E-state index in [-0.39, 0.29) is 15.8 Å². The van der Waals surface area contributed by atoms with Gasteiger partial charge in [-0.05, 0) is 49.4 Å². The van der Waals surface area contributed by atoms with Gasteiger partial charge in [-0.25, -0.2) is 16.8 Å². The van der Waals surface area contributed by atoms with E-state index >= 15 is 0 Å². The number of aryl methyl sites for hydroxylation is 1. The lowest BCUT2D eigenvalue weighted by Crippen LogP contribution is -2.41. The highest BCUT2D eigenvalue weighted by Crippen LogP contribution is 2.34. The van der Waals surface area contributed by atoms with Gasteiger partial charge in [-0.15, -0.1) is 0 Å². The van der Waals surface area contributed by atoms with Crippen LogP contribution < -0.4 is 0 Å². The Morgan fingerprint density at radius 3 is 2.33 bits per heavy atom. The van der Waals surface area contributed by atoms with Crippen LogP contribution in [0.3, 0.4) is 0 Å². The molecule has 0 amide bonds. The van der Waals surface area contributed by atoms with Gasteiger partial charge in [0.05, 0.1) is 9.79 Å². The monoisotopic (exact) mass is 448 g/mol. The second-order valence-corrected chi connectivity index (χ2v) is 12.3. The fraction of sp³-hybridized carbons (Fsp3) is 0.455. The van der Waals surface area contributed by atoms with Gasteiger partial charge in [0.1, 0.15) is 0 Å². The summed E-state index contributed by atoms with van der Waals surface area (Å²) in [5.74, 6) is 0. The number of sulfonamides is 1. The second-order valence-electron chi connectivity index (χ2n) is 8.39. The van der Waals surface area contributed by atoms with Gasteiger partial charge in [0, 0.05) is 38.0 Å². The van der Waals surface area contributed by atoms with Crippen LogP contribution in [-0.4, -0.2) is 57.5 Å². The third-order valence-electron chi connectivity index (χ3n) is 6.31. The average molecular weight is 449 g/mol. The lowest BCUT2D eigenvalue weighted by Gasteiger charge is -2.29. The molecule has 8 heteroatoms. The first-order valence-electron chi connectivity index (χ1n) is 10.3. The summed E-state index contributed by atoms with van der Waals surface area (Å²) in [5, 5.41) is 0. The molecule has 0 aliphatic carbocycles. The molecule has 2 aromatic rings. The minimum Gasteiger partial charge on any atom is -0.292 e. The van der Waals surface area contributed by atoms with Crippen LogP contribution in [0.4, 0.5) is 0 Å². The lowest BCUT2D eigenvalue weighted by molar-refractivity contribution is 0.189. The summed E-state index contributed by atoms with van der Waals surface area (Å²) in [7, 11) is -7.26. The van der Waals surface area contributed by atoms with Crippen molar-refractivity contribution < 1.29 is 16.8 Å². The fourth-order valence-corrected chi connectivity index (χ4v) is 7.10. The van der Waals surface area contributed by atoms with Crippen LogP contribution in [0.15, 0.2) is 58.3 Å². The van der Waals surface area contributed by atoms with E-state index in [9.17, 15) is 16.8 Å². The molecule has 0 N–H and O–H groups in total. The minimum absolute atomic E-state index is 0.0359. The SMILES string of the molecule is Cc1ccc(S(C)(=O)=O)cc1S(=O)(=O)N1CCC2CCC(C1)N2Cc1ccccc1. The lowest BCUT2D eigenvalue weighted by atomic mass is 10.1. The zero-order valence-electron chi connectivity index (χ0n) is 17.4. The molecular formula is C22H28N2O4S2. The molecule has 0 radical (unpaired) electrons. The van der Waals surface area contributed by atoms with Crippen LogP contribution >= 0.6 is 0 Å². The van der Waals surface area contributed by atoms with E-state index in [2.05, 4.69) is 17.0 Å². The van der Waals surface area contributed by atoms with Crippen molar-refractivity contribution in [1.29, 1.82) is 0 Å². The molecule has 0 aromatic heterocycles. The number of hydrogen-bond donors (Lipinski definition) is 0. The summed E-state index contributed by atoms with van der Waals surface area (Å²) in [5.41, 5.74) is 1.81. The molecule has 30 heavy (non-hydrogen) atoms. The molecule has 2 fully saturated rings. The summed E-state index contributed by atoms with van der Waals surface area (Å²) >= 11 is 0. The van der Waals surface area contributed by atoms with Gasteiger partial charge in [0.2, 0.25) is 10.0 Å². The number of benzene rings is 2. The molecule has 4 rings (SSSR count). The van der Waals surface area contributed by atoms with Crippen molar-refractivity contribution in [2.75, 3.05) is 19.3 Å². The van der Waals surface area contributed by atoms with Crippen molar-refractivity contribution in [3.8, 4) is 0 Å². The smallest absolute Gasteiger partial charge is 0.243 e. The van der Waals surface area contributed by atoms with E-state index in [1.165, 1.54) is 17.7 Å². The van der Waals surface area contributed by atoms with Gasteiger partial charge in [-0.1, -0.05) is 36.4 Å². The Morgan fingerprint density at radius 2 is 1.63 bits per heavy atom. The van der Waals surface area contributed by atoms with E-state index in [1.54, 1.807) is 17.3 Å². The molecule has 2 bridgehead atoms. The summed E-state index contributed by atoms with van der Waals surface area (Å²) in [4.78, 5) is 2.58. The van der Waals surface area contributed by atoms with E-state index in [0.717, 1.165) is 32.1 Å². The number of hydrogen-bond acceptors (Lipinski definition) is 5. The van der Waals surface area contributed by atoms with Crippen molar-refractivity contribution in [3.63, 3.8) is 0 Å². The Hall–Kier alpha value is -1.74. The third-order valence-corrected chi connectivity index (χ3v) is 9.43. The number of nitrogens with zero attached hydrogens (tertiary/aromatic N) is 2. The van der Waals surface area contributed by atoms with E-state index in [4.69, 9.17) is 0 Å². The van der Waals surface area contributed by atoms with Gasteiger partial charge in [-0.2, -0.15) is 4.31 Å². The molecule has 2 atom stereocenters. The third kappa shape index (κ3) is 4.19. The molecule has 0 saturated carbocycles. The highest BCUT2D eigenvalue weighted by Gasteiger charge is 2.40. The predicted octanol–water partition coefficient (Wildman–Crippen LogP) is 2.83. The van der Waals surface area contributed by atoms with Crippen molar-refractivity contribution in [3.05, 3.63) is 59.7 Å². The number of sulfone groups is 1. The summed E-state index contributed by atoms with van der Waals surface area (Å²) in [6.45, 7) is 3.43. The number of rotatable bonds is 5. The molecule has 2 saturated heterocycles. The predicted molar refractivity (Wildman–Crippen MR) is 116 cm³/mol. The quantitative estimate of drug-likeness (QED) is 0.703. The average Bonchev–Trinajstić information content (AvgIpc) is 2.94. The molecule has 2 aromatic carbocycles. The largest absolute Gasteiger partial charge is 0.292 e. The first-order valence-corrected chi connectivity index (χ1v) is 13.6.